The van der Waals surface area contributed by atoms with Gasteiger partial charge in [0.15, 0.2) is 0 Å². The Labute approximate surface area is 105 Å². The van der Waals surface area contributed by atoms with Gasteiger partial charge in [0.1, 0.15) is 0 Å². The molecule has 2 rings (SSSR count). The summed E-state index contributed by atoms with van der Waals surface area (Å²) in [6, 6.07) is 1.19. The van der Waals surface area contributed by atoms with Gasteiger partial charge in [-0.15, -0.1) is 6.58 Å². The second kappa shape index (κ2) is 6.01. The Kier molecular flexibility index (Phi) is 4.63. The molecule has 2 atom stereocenters. The average molecular weight is 237 g/mol. The summed E-state index contributed by atoms with van der Waals surface area (Å²) in [6.45, 7) is 3.74. The van der Waals surface area contributed by atoms with Gasteiger partial charge in [-0.05, 0) is 44.9 Å². The van der Waals surface area contributed by atoms with E-state index in [4.69, 9.17) is 0 Å². The van der Waals surface area contributed by atoms with E-state index in [1.165, 1.54) is 38.5 Å². The van der Waals surface area contributed by atoms with Crippen LogP contribution < -0.4 is 5.32 Å². The van der Waals surface area contributed by atoms with E-state index < -0.39 is 0 Å². The molecule has 0 amide bonds. The highest BCUT2D eigenvalue weighted by Gasteiger charge is 2.41. The minimum atomic E-state index is -0.352. The Bertz CT molecular complexity index is 239. The first-order valence-electron chi connectivity index (χ1n) is 7.31. The maximum absolute atomic E-state index is 10.6. The largest absolute Gasteiger partial charge is 0.390 e. The Hall–Kier alpha value is -0.340. The molecule has 0 saturated carbocycles. The van der Waals surface area contributed by atoms with Crippen LogP contribution in [0.5, 0.6) is 0 Å². The highest BCUT2D eigenvalue weighted by molar-refractivity contribution is 4.99. The minimum Gasteiger partial charge on any atom is -0.390 e. The molecule has 0 aliphatic carbocycles. The topological polar surface area (TPSA) is 32.3 Å². The Balaban J connectivity index is 1.63. The van der Waals surface area contributed by atoms with Crippen LogP contribution in [0.2, 0.25) is 0 Å². The normalized spacial score (nSPS) is 36.1. The number of allylic oxidation sites excluding steroid dienone is 1. The van der Waals surface area contributed by atoms with Crippen molar-refractivity contribution in [1.82, 2.24) is 5.32 Å². The standard InChI is InChI=1S/C15H27NO/c1-2-3-4-5-6-7-10-15(17)11-13-8-9-14(12-15)16-13/h2,13-14,16-17H,1,3-12H2. The average Bonchev–Trinajstić information content (AvgIpc) is 2.64. The van der Waals surface area contributed by atoms with Gasteiger partial charge in [0.25, 0.3) is 0 Å². The van der Waals surface area contributed by atoms with Crippen LogP contribution in [0.3, 0.4) is 0 Å². The van der Waals surface area contributed by atoms with Gasteiger partial charge in [0.05, 0.1) is 5.60 Å². The van der Waals surface area contributed by atoms with Crippen molar-refractivity contribution < 1.29 is 5.11 Å². The molecule has 2 aliphatic heterocycles. The zero-order valence-corrected chi connectivity index (χ0v) is 11.0. The van der Waals surface area contributed by atoms with Gasteiger partial charge in [-0.25, -0.2) is 0 Å². The first kappa shape index (κ1) is 13.1. The molecule has 0 radical (unpaired) electrons. The van der Waals surface area contributed by atoms with E-state index in [2.05, 4.69) is 11.9 Å². The summed E-state index contributed by atoms with van der Waals surface area (Å²) in [5.74, 6) is 0. The molecular weight excluding hydrogens is 210 g/mol. The monoisotopic (exact) mass is 237 g/mol. The number of piperidine rings is 1. The summed E-state index contributed by atoms with van der Waals surface area (Å²) < 4.78 is 0. The smallest absolute Gasteiger partial charge is 0.0677 e. The summed E-state index contributed by atoms with van der Waals surface area (Å²) in [4.78, 5) is 0. The third kappa shape index (κ3) is 3.82. The Morgan fingerprint density at radius 1 is 1.12 bits per heavy atom. The highest BCUT2D eigenvalue weighted by atomic mass is 16.3. The van der Waals surface area contributed by atoms with Crippen molar-refractivity contribution in [1.29, 1.82) is 0 Å². The molecule has 2 heterocycles. The number of nitrogens with one attached hydrogen (secondary N) is 1. The van der Waals surface area contributed by atoms with Crippen LogP contribution in [0, 0.1) is 0 Å². The summed E-state index contributed by atoms with van der Waals surface area (Å²) in [6.07, 6.45) is 13.6. The lowest BCUT2D eigenvalue weighted by atomic mass is 9.83. The van der Waals surface area contributed by atoms with Crippen molar-refractivity contribution in [3.8, 4) is 0 Å². The van der Waals surface area contributed by atoms with Crippen LogP contribution in [0.4, 0.5) is 0 Å². The van der Waals surface area contributed by atoms with Crippen LogP contribution in [-0.2, 0) is 0 Å². The van der Waals surface area contributed by atoms with Gasteiger partial charge in [-0.3, -0.25) is 0 Å². The molecule has 2 saturated heterocycles. The second-order valence-electron chi connectivity index (χ2n) is 6.01. The van der Waals surface area contributed by atoms with Crippen LogP contribution in [0.1, 0.15) is 64.2 Å². The molecule has 2 heteroatoms. The van der Waals surface area contributed by atoms with Gasteiger partial charge >= 0.3 is 0 Å². The van der Waals surface area contributed by atoms with Crippen LogP contribution in [-0.4, -0.2) is 22.8 Å². The Morgan fingerprint density at radius 2 is 1.76 bits per heavy atom. The molecule has 17 heavy (non-hydrogen) atoms. The predicted octanol–water partition coefficient (Wildman–Crippen LogP) is 3.16. The van der Waals surface area contributed by atoms with Crippen molar-refractivity contribution in [2.45, 2.75) is 81.9 Å². The third-order valence-corrected chi connectivity index (χ3v) is 4.39. The zero-order valence-electron chi connectivity index (χ0n) is 11.0. The molecule has 2 aliphatic rings. The number of unbranched alkanes of at least 4 members (excludes halogenated alkanes) is 4. The molecule has 2 fully saturated rings. The fourth-order valence-corrected chi connectivity index (χ4v) is 3.53. The molecule has 2 unspecified atom stereocenters. The van der Waals surface area contributed by atoms with E-state index in [-0.39, 0.29) is 5.60 Å². The van der Waals surface area contributed by atoms with E-state index in [0.717, 1.165) is 25.7 Å². The summed E-state index contributed by atoms with van der Waals surface area (Å²) >= 11 is 0. The number of hydrogen-bond acceptors (Lipinski definition) is 2. The fraction of sp³-hybridized carbons (Fsp3) is 0.867. The molecule has 2 nitrogen and oxygen atoms in total. The Morgan fingerprint density at radius 3 is 2.41 bits per heavy atom. The summed E-state index contributed by atoms with van der Waals surface area (Å²) in [5, 5.41) is 14.2. The number of aliphatic hydroxyl groups is 1. The summed E-state index contributed by atoms with van der Waals surface area (Å²) in [5.41, 5.74) is -0.352. The van der Waals surface area contributed by atoms with Crippen molar-refractivity contribution in [2.75, 3.05) is 0 Å². The van der Waals surface area contributed by atoms with Gasteiger partial charge < -0.3 is 10.4 Å². The van der Waals surface area contributed by atoms with Crippen molar-refractivity contribution in [3.05, 3.63) is 12.7 Å². The number of fused-ring (bicyclic) bond motifs is 2. The van der Waals surface area contributed by atoms with Crippen LogP contribution in [0.25, 0.3) is 0 Å². The van der Waals surface area contributed by atoms with E-state index in [1.54, 1.807) is 0 Å². The first-order chi connectivity index (χ1) is 8.22. The zero-order chi connectivity index (χ0) is 12.1. The summed E-state index contributed by atoms with van der Waals surface area (Å²) in [7, 11) is 0. The van der Waals surface area contributed by atoms with Gasteiger partial charge in [0, 0.05) is 12.1 Å². The lowest BCUT2D eigenvalue weighted by molar-refractivity contribution is -0.0159. The fourth-order valence-electron chi connectivity index (χ4n) is 3.53. The molecule has 0 spiro atoms. The lowest BCUT2D eigenvalue weighted by Gasteiger charge is -2.37. The van der Waals surface area contributed by atoms with E-state index in [1.807, 2.05) is 6.08 Å². The SMILES string of the molecule is C=CCCCCCCC1(O)CC2CCC(C1)N2. The van der Waals surface area contributed by atoms with E-state index in [9.17, 15) is 5.11 Å². The maximum Gasteiger partial charge on any atom is 0.0677 e. The molecule has 2 N–H and O–H groups in total. The third-order valence-electron chi connectivity index (χ3n) is 4.39. The van der Waals surface area contributed by atoms with Crippen LogP contribution in [0.15, 0.2) is 12.7 Å². The number of hydrogen-bond donors (Lipinski definition) is 2. The quantitative estimate of drug-likeness (QED) is 0.526. The maximum atomic E-state index is 10.6. The van der Waals surface area contributed by atoms with Crippen LogP contribution >= 0.6 is 0 Å². The molecule has 0 aromatic heterocycles. The lowest BCUT2D eigenvalue weighted by Crippen LogP contribution is -2.48. The molecule has 0 aromatic rings. The van der Waals surface area contributed by atoms with Crippen molar-refractivity contribution in [3.63, 3.8) is 0 Å². The molecular formula is C15H27NO. The number of rotatable bonds is 7. The van der Waals surface area contributed by atoms with Crippen molar-refractivity contribution >= 4 is 0 Å². The van der Waals surface area contributed by atoms with E-state index >= 15 is 0 Å². The van der Waals surface area contributed by atoms with E-state index in [0.29, 0.717) is 12.1 Å². The van der Waals surface area contributed by atoms with Crippen molar-refractivity contribution in [2.24, 2.45) is 0 Å². The molecule has 2 bridgehead atoms. The second-order valence-corrected chi connectivity index (χ2v) is 6.01. The minimum absolute atomic E-state index is 0.352. The van der Waals surface area contributed by atoms with Gasteiger partial charge in [0.2, 0.25) is 0 Å². The van der Waals surface area contributed by atoms with Gasteiger partial charge in [-0.1, -0.05) is 25.3 Å². The molecule has 0 aromatic carbocycles. The molecule has 98 valence electrons. The highest BCUT2D eigenvalue weighted by Crippen LogP contribution is 2.36. The first-order valence-corrected chi connectivity index (χ1v) is 7.31. The van der Waals surface area contributed by atoms with Gasteiger partial charge in [-0.2, -0.15) is 0 Å². The predicted molar refractivity (Wildman–Crippen MR) is 72.0 cm³/mol.